The zero-order valence-corrected chi connectivity index (χ0v) is 12.8. The van der Waals surface area contributed by atoms with Crippen molar-refractivity contribution in [3.8, 4) is 0 Å². The van der Waals surface area contributed by atoms with Gasteiger partial charge in [-0.05, 0) is 31.6 Å². The lowest BCUT2D eigenvalue weighted by atomic mass is 9.80. The van der Waals surface area contributed by atoms with Crippen LogP contribution in [0.2, 0.25) is 0 Å². The highest BCUT2D eigenvalue weighted by atomic mass is 16.4. The molecule has 0 heterocycles. The molecule has 0 bridgehead atoms. The summed E-state index contributed by atoms with van der Waals surface area (Å²) in [5.41, 5.74) is 0.0330. The minimum Gasteiger partial charge on any atom is -0.481 e. The summed E-state index contributed by atoms with van der Waals surface area (Å²) in [4.78, 5) is 25.3. The molecule has 1 N–H and O–H groups in total. The van der Waals surface area contributed by atoms with E-state index in [1.807, 2.05) is 7.05 Å². The lowest BCUT2D eigenvalue weighted by Gasteiger charge is -2.38. The molecule has 0 spiro atoms. The third kappa shape index (κ3) is 3.95. The third-order valence-electron chi connectivity index (χ3n) is 4.55. The molecule has 1 rings (SSSR count). The Kier molecular flexibility index (Phi) is 4.99. The molecule has 3 atom stereocenters. The minimum absolute atomic E-state index is 0.0330. The molecule has 0 aromatic rings. The van der Waals surface area contributed by atoms with E-state index < -0.39 is 5.97 Å². The summed E-state index contributed by atoms with van der Waals surface area (Å²) in [7, 11) is 1.84. The van der Waals surface area contributed by atoms with Crippen molar-refractivity contribution in [3.05, 3.63) is 0 Å². The monoisotopic (exact) mass is 269 g/mol. The number of hydrogen-bond acceptors (Lipinski definition) is 2. The number of carboxylic acids is 1. The summed E-state index contributed by atoms with van der Waals surface area (Å²) in [6.45, 7) is 8.39. The zero-order chi connectivity index (χ0) is 14.8. The van der Waals surface area contributed by atoms with Crippen LogP contribution in [0, 0.1) is 17.3 Å². The Balaban J connectivity index is 2.69. The molecule has 0 aliphatic heterocycles. The quantitative estimate of drug-likeness (QED) is 0.857. The second kappa shape index (κ2) is 5.93. The summed E-state index contributed by atoms with van der Waals surface area (Å²) >= 11 is 0. The zero-order valence-electron chi connectivity index (χ0n) is 12.8. The maximum absolute atomic E-state index is 12.5. The number of aliphatic carboxylic acids is 1. The smallest absolute Gasteiger partial charge is 0.306 e. The molecule has 0 saturated heterocycles. The highest BCUT2D eigenvalue weighted by molar-refractivity contribution is 5.80. The van der Waals surface area contributed by atoms with Crippen LogP contribution >= 0.6 is 0 Å². The molecule has 4 nitrogen and oxygen atoms in total. The van der Waals surface area contributed by atoms with Crippen LogP contribution in [0.15, 0.2) is 0 Å². The van der Waals surface area contributed by atoms with Gasteiger partial charge in [-0.15, -0.1) is 0 Å². The van der Waals surface area contributed by atoms with E-state index >= 15 is 0 Å². The lowest BCUT2D eigenvalue weighted by molar-refractivity contribution is -0.146. The van der Waals surface area contributed by atoms with Gasteiger partial charge in [0.1, 0.15) is 0 Å². The van der Waals surface area contributed by atoms with Crippen molar-refractivity contribution in [2.75, 3.05) is 7.05 Å². The first-order chi connectivity index (χ1) is 8.64. The van der Waals surface area contributed by atoms with Crippen LogP contribution in [0.25, 0.3) is 0 Å². The van der Waals surface area contributed by atoms with Crippen molar-refractivity contribution < 1.29 is 14.7 Å². The topological polar surface area (TPSA) is 57.6 Å². The molecule has 1 fully saturated rings. The minimum atomic E-state index is -0.760. The fourth-order valence-electron chi connectivity index (χ4n) is 2.70. The molecule has 19 heavy (non-hydrogen) atoms. The Morgan fingerprint density at radius 1 is 1.21 bits per heavy atom. The Morgan fingerprint density at radius 2 is 1.74 bits per heavy atom. The van der Waals surface area contributed by atoms with Crippen molar-refractivity contribution in [3.63, 3.8) is 0 Å². The van der Waals surface area contributed by atoms with Crippen LogP contribution in [0.4, 0.5) is 0 Å². The summed E-state index contributed by atoms with van der Waals surface area (Å²) in [5, 5.41) is 9.09. The molecule has 4 heteroatoms. The largest absolute Gasteiger partial charge is 0.481 e. The standard InChI is InChI=1S/C15H27NO3/c1-10(15(2,3)4)16(5)13(17)11-7-6-8-12(9-11)14(18)19/h10-12H,6-9H2,1-5H3,(H,18,19). The third-order valence-corrected chi connectivity index (χ3v) is 4.55. The van der Waals surface area contributed by atoms with Crippen molar-refractivity contribution in [2.45, 2.75) is 59.4 Å². The Labute approximate surface area is 116 Å². The van der Waals surface area contributed by atoms with Gasteiger partial charge in [0.2, 0.25) is 5.91 Å². The summed E-state index contributed by atoms with van der Waals surface area (Å²) in [6, 6.07) is 0.144. The van der Waals surface area contributed by atoms with Gasteiger partial charge in [-0.2, -0.15) is 0 Å². The normalized spacial score (nSPS) is 25.7. The second-order valence-corrected chi connectivity index (χ2v) is 6.89. The van der Waals surface area contributed by atoms with Crippen molar-refractivity contribution in [1.29, 1.82) is 0 Å². The number of hydrogen-bond donors (Lipinski definition) is 1. The van der Waals surface area contributed by atoms with E-state index in [1.165, 1.54) is 0 Å². The average molecular weight is 269 g/mol. The van der Waals surface area contributed by atoms with Crippen molar-refractivity contribution in [1.82, 2.24) is 4.90 Å². The van der Waals surface area contributed by atoms with Gasteiger partial charge in [0, 0.05) is 19.0 Å². The van der Waals surface area contributed by atoms with Gasteiger partial charge >= 0.3 is 5.97 Å². The fraction of sp³-hybridized carbons (Fsp3) is 0.867. The molecular formula is C15H27NO3. The number of carbonyl (C=O) groups is 2. The Bertz CT molecular complexity index is 346. The second-order valence-electron chi connectivity index (χ2n) is 6.89. The van der Waals surface area contributed by atoms with E-state index in [2.05, 4.69) is 27.7 Å². The van der Waals surface area contributed by atoms with Crippen LogP contribution in [0.1, 0.15) is 53.4 Å². The molecule has 1 saturated carbocycles. The maximum atomic E-state index is 12.5. The van der Waals surface area contributed by atoms with Gasteiger partial charge in [-0.1, -0.05) is 27.2 Å². The van der Waals surface area contributed by atoms with Crippen molar-refractivity contribution >= 4 is 11.9 Å². The molecule has 0 aromatic heterocycles. The van der Waals surface area contributed by atoms with Gasteiger partial charge < -0.3 is 10.0 Å². The van der Waals surface area contributed by atoms with Crippen LogP contribution in [-0.2, 0) is 9.59 Å². The first-order valence-corrected chi connectivity index (χ1v) is 7.14. The highest BCUT2D eigenvalue weighted by Gasteiger charge is 2.35. The van der Waals surface area contributed by atoms with Gasteiger partial charge in [0.25, 0.3) is 0 Å². The van der Waals surface area contributed by atoms with Crippen LogP contribution in [0.3, 0.4) is 0 Å². The van der Waals surface area contributed by atoms with Crippen molar-refractivity contribution in [2.24, 2.45) is 17.3 Å². The van der Waals surface area contributed by atoms with Gasteiger partial charge in [-0.3, -0.25) is 9.59 Å². The summed E-state index contributed by atoms with van der Waals surface area (Å²) in [6.07, 6.45) is 2.86. The van der Waals surface area contributed by atoms with Crippen LogP contribution in [-0.4, -0.2) is 35.0 Å². The van der Waals surface area contributed by atoms with Gasteiger partial charge in [0.05, 0.1) is 5.92 Å². The average Bonchev–Trinajstić information content (AvgIpc) is 2.35. The van der Waals surface area contributed by atoms with Crippen LogP contribution in [0.5, 0.6) is 0 Å². The Morgan fingerprint density at radius 3 is 2.21 bits per heavy atom. The van der Waals surface area contributed by atoms with E-state index in [-0.39, 0.29) is 29.2 Å². The lowest BCUT2D eigenvalue weighted by Crippen LogP contribution is -2.46. The molecule has 3 unspecified atom stereocenters. The highest BCUT2D eigenvalue weighted by Crippen LogP contribution is 2.32. The summed E-state index contributed by atoms with van der Waals surface area (Å²) < 4.78 is 0. The fourth-order valence-corrected chi connectivity index (χ4v) is 2.70. The van der Waals surface area contributed by atoms with E-state index in [4.69, 9.17) is 5.11 Å². The number of rotatable bonds is 3. The predicted octanol–water partition coefficient (Wildman–Crippen LogP) is 2.77. The maximum Gasteiger partial charge on any atom is 0.306 e. The SMILES string of the molecule is CC(N(C)C(=O)C1CCCC(C(=O)O)C1)C(C)(C)C. The van der Waals surface area contributed by atoms with E-state index in [1.54, 1.807) is 4.90 Å². The van der Waals surface area contributed by atoms with E-state index in [0.29, 0.717) is 12.8 Å². The summed E-state index contributed by atoms with van der Waals surface area (Å²) in [5.74, 6) is -1.12. The molecule has 110 valence electrons. The molecule has 0 radical (unpaired) electrons. The molecule has 1 aliphatic rings. The number of carboxylic acid groups (broad SMARTS) is 1. The molecule has 1 aliphatic carbocycles. The first-order valence-electron chi connectivity index (χ1n) is 7.14. The van der Waals surface area contributed by atoms with Gasteiger partial charge in [-0.25, -0.2) is 0 Å². The first kappa shape index (κ1) is 16.0. The molecular weight excluding hydrogens is 242 g/mol. The number of carbonyl (C=O) groups excluding carboxylic acids is 1. The van der Waals surface area contributed by atoms with E-state index in [0.717, 1.165) is 12.8 Å². The van der Waals surface area contributed by atoms with Gasteiger partial charge in [0.15, 0.2) is 0 Å². The molecule has 0 aromatic carbocycles. The Hall–Kier alpha value is -1.06. The van der Waals surface area contributed by atoms with Crippen LogP contribution < -0.4 is 0 Å². The molecule has 1 amide bonds. The number of nitrogens with zero attached hydrogens (tertiary/aromatic N) is 1. The number of amides is 1. The predicted molar refractivity (Wildman–Crippen MR) is 74.8 cm³/mol. The van der Waals surface area contributed by atoms with E-state index in [9.17, 15) is 9.59 Å².